The first kappa shape index (κ1) is 12.0. The molecule has 3 rings (SSSR count). The van der Waals surface area contributed by atoms with Crippen LogP contribution in [0.3, 0.4) is 0 Å². The Bertz CT molecular complexity index is 741. The first-order valence-corrected chi connectivity index (χ1v) is 6.61. The highest BCUT2D eigenvalue weighted by atomic mass is 35.5. The van der Waals surface area contributed by atoms with E-state index in [0.29, 0.717) is 0 Å². The Hall–Kier alpha value is -2.05. The lowest BCUT2D eigenvalue weighted by Gasteiger charge is -1.99. The largest absolute Gasteiger partial charge is 0.0843 e. The Balaban J connectivity index is 1.92. The van der Waals surface area contributed by atoms with Gasteiger partial charge in [-0.15, -0.1) is 0 Å². The molecule has 0 unspecified atom stereocenters. The molecule has 0 nitrogen and oxygen atoms in total. The van der Waals surface area contributed by atoms with Crippen LogP contribution in [0.15, 0.2) is 66.7 Å². The predicted molar refractivity (Wildman–Crippen MR) is 84.3 cm³/mol. The smallest absolute Gasteiger partial charge is 0.0411 e. The van der Waals surface area contributed by atoms with Crippen molar-refractivity contribution in [2.45, 2.75) is 0 Å². The Labute approximate surface area is 118 Å². The highest BCUT2D eigenvalue weighted by Crippen LogP contribution is 2.18. The van der Waals surface area contributed by atoms with Gasteiger partial charge in [0, 0.05) is 5.02 Å². The molecule has 19 heavy (non-hydrogen) atoms. The van der Waals surface area contributed by atoms with Crippen molar-refractivity contribution in [1.29, 1.82) is 0 Å². The van der Waals surface area contributed by atoms with E-state index in [-0.39, 0.29) is 0 Å². The van der Waals surface area contributed by atoms with Crippen LogP contribution in [-0.4, -0.2) is 0 Å². The fraction of sp³-hybridized carbons (Fsp3) is 0. The zero-order valence-corrected chi connectivity index (χ0v) is 11.1. The summed E-state index contributed by atoms with van der Waals surface area (Å²) in [6.07, 6.45) is 4.19. The molecule has 0 aliphatic heterocycles. The Kier molecular flexibility index (Phi) is 3.35. The fourth-order valence-corrected chi connectivity index (χ4v) is 2.31. The van der Waals surface area contributed by atoms with Crippen LogP contribution in [0.2, 0.25) is 5.02 Å². The van der Waals surface area contributed by atoms with Gasteiger partial charge < -0.3 is 0 Å². The summed E-state index contributed by atoms with van der Waals surface area (Å²) in [5, 5.41) is 3.29. The SMILES string of the molecule is Clc1cccc(C=Cc2ccc3ccccc3c2)c1. The molecule has 3 aromatic rings. The van der Waals surface area contributed by atoms with Crippen molar-refractivity contribution < 1.29 is 0 Å². The summed E-state index contributed by atoms with van der Waals surface area (Å²) < 4.78 is 0. The first-order chi connectivity index (χ1) is 9.31. The molecule has 0 bridgehead atoms. The van der Waals surface area contributed by atoms with Crippen molar-refractivity contribution >= 4 is 34.5 Å². The molecule has 0 heterocycles. The van der Waals surface area contributed by atoms with Crippen LogP contribution < -0.4 is 0 Å². The molecule has 0 aliphatic rings. The average Bonchev–Trinajstić information content (AvgIpc) is 2.45. The molecular formula is C18H13Cl. The minimum absolute atomic E-state index is 0.765. The van der Waals surface area contributed by atoms with E-state index < -0.39 is 0 Å². The summed E-state index contributed by atoms with van der Waals surface area (Å²) in [7, 11) is 0. The third-order valence-corrected chi connectivity index (χ3v) is 3.33. The van der Waals surface area contributed by atoms with E-state index in [1.54, 1.807) is 0 Å². The van der Waals surface area contributed by atoms with Crippen LogP contribution in [0, 0.1) is 0 Å². The lowest BCUT2D eigenvalue weighted by molar-refractivity contribution is 1.66. The normalized spacial score (nSPS) is 11.2. The summed E-state index contributed by atoms with van der Waals surface area (Å²) in [4.78, 5) is 0. The number of rotatable bonds is 2. The lowest BCUT2D eigenvalue weighted by Crippen LogP contribution is -1.76. The van der Waals surface area contributed by atoms with Crippen molar-refractivity contribution in [2.75, 3.05) is 0 Å². The number of fused-ring (bicyclic) bond motifs is 1. The average molecular weight is 265 g/mol. The van der Waals surface area contributed by atoms with Crippen LogP contribution in [-0.2, 0) is 0 Å². The number of hydrogen-bond donors (Lipinski definition) is 0. The maximum atomic E-state index is 5.97. The van der Waals surface area contributed by atoms with Gasteiger partial charge >= 0.3 is 0 Å². The molecule has 0 saturated carbocycles. The van der Waals surface area contributed by atoms with Crippen molar-refractivity contribution in [2.24, 2.45) is 0 Å². The van der Waals surface area contributed by atoms with E-state index in [1.165, 1.54) is 16.3 Å². The second-order valence-electron chi connectivity index (χ2n) is 4.49. The van der Waals surface area contributed by atoms with E-state index in [0.717, 1.165) is 10.6 Å². The molecule has 0 atom stereocenters. The van der Waals surface area contributed by atoms with E-state index in [9.17, 15) is 0 Å². The van der Waals surface area contributed by atoms with E-state index in [1.807, 2.05) is 24.3 Å². The molecule has 92 valence electrons. The van der Waals surface area contributed by atoms with Crippen LogP contribution in [0.5, 0.6) is 0 Å². The van der Waals surface area contributed by atoms with Crippen molar-refractivity contribution in [1.82, 2.24) is 0 Å². The van der Waals surface area contributed by atoms with E-state index in [2.05, 4.69) is 54.6 Å². The highest BCUT2D eigenvalue weighted by Gasteiger charge is 1.93. The number of halogens is 1. The van der Waals surface area contributed by atoms with Gasteiger partial charge in [-0.05, 0) is 40.1 Å². The van der Waals surface area contributed by atoms with Gasteiger partial charge in [-0.3, -0.25) is 0 Å². The second-order valence-corrected chi connectivity index (χ2v) is 4.93. The van der Waals surface area contributed by atoms with Gasteiger partial charge in [0.1, 0.15) is 0 Å². The van der Waals surface area contributed by atoms with Crippen LogP contribution in [0.1, 0.15) is 11.1 Å². The molecule has 0 fully saturated rings. The van der Waals surface area contributed by atoms with Gasteiger partial charge in [0.25, 0.3) is 0 Å². The minimum atomic E-state index is 0.765. The molecule has 0 saturated heterocycles. The minimum Gasteiger partial charge on any atom is -0.0843 e. The van der Waals surface area contributed by atoms with Crippen LogP contribution in [0.25, 0.3) is 22.9 Å². The van der Waals surface area contributed by atoms with Crippen molar-refractivity contribution in [3.05, 3.63) is 82.9 Å². The Morgan fingerprint density at radius 1 is 0.632 bits per heavy atom. The second kappa shape index (κ2) is 5.29. The van der Waals surface area contributed by atoms with Gasteiger partial charge in [0.05, 0.1) is 0 Å². The third kappa shape index (κ3) is 2.86. The third-order valence-electron chi connectivity index (χ3n) is 3.09. The highest BCUT2D eigenvalue weighted by molar-refractivity contribution is 6.30. The van der Waals surface area contributed by atoms with E-state index >= 15 is 0 Å². The zero-order chi connectivity index (χ0) is 13.1. The van der Waals surface area contributed by atoms with Gasteiger partial charge in [0.15, 0.2) is 0 Å². The molecule has 0 aromatic heterocycles. The maximum absolute atomic E-state index is 5.97. The Morgan fingerprint density at radius 2 is 1.37 bits per heavy atom. The molecule has 3 aromatic carbocycles. The summed E-state index contributed by atoms with van der Waals surface area (Å²) >= 11 is 5.97. The zero-order valence-electron chi connectivity index (χ0n) is 10.4. The molecule has 0 radical (unpaired) electrons. The molecule has 0 aliphatic carbocycles. The predicted octanol–water partition coefficient (Wildman–Crippen LogP) is 5.66. The van der Waals surface area contributed by atoms with Crippen molar-refractivity contribution in [3.8, 4) is 0 Å². The topological polar surface area (TPSA) is 0 Å². The summed E-state index contributed by atoms with van der Waals surface area (Å²) in [5.74, 6) is 0. The van der Waals surface area contributed by atoms with E-state index in [4.69, 9.17) is 11.6 Å². The summed E-state index contributed by atoms with van der Waals surface area (Å²) in [6.45, 7) is 0. The van der Waals surface area contributed by atoms with Crippen LogP contribution in [0.4, 0.5) is 0 Å². The summed E-state index contributed by atoms with van der Waals surface area (Å²) in [5.41, 5.74) is 2.30. The monoisotopic (exact) mass is 264 g/mol. The van der Waals surface area contributed by atoms with Gasteiger partial charge in [-0.25, -0.2) is 0 Å². The lowest BCUT2D eigenvalue weighted by atomic mass is 10.1. The van der Waals surface area contributed by atoms with Gasteiger partial charge in [0.2, 0.25) is 0 Å². The first-order valence-electron chi connectivity index (χ1n) is 6.24. The Morgan fingerprint density at radius 3 is 2.16 bits per heavy atom. The molecule has 0 amide bonds. The van der Waals surface area contributed by atoms with Crippen LogP contribution >= 0.6 is 11.6 Å². The van der Waals surface area contributed by atoms with Gasteiger partial charge in [-0.2, -0.15) is 0 Å². The quantitative estimate of drug-likeness (QED) is 0.524. The van der Waals surface area contributed by atoms with Gasteiger partial charge in [-0.1, -0.05) is 72.3 Å². The summed E-state index contributed by atoms with van der Waals surface area (Å²) in [6, 6.07) is 22.7. The molecule has 0 N–H and O–H groups in total. The molecular weight excluding hydrogens is 252 g/mol. The standard InChI is InChI=1S/C18H13Cl/c19-18-7-3-4-14(13-18)8-9-15-10-11-16-5-1-2-6-17(16)12-15/h1-13H. The number of hydrogen-bond acceptors (Lipinski definition) is 0. The van der Waals surface area contributed by atoms with Crippen molar-refractivity contribution in [3.63, 3.8) is 0 Å². The molecule has 1 heteroatoms. The molecule has 0 spiro atoms. The fourth-order valence-electron chi connectivity index (χ4n) is 2.11. The number of benzene rings is 3. The maximum Gasteiger partial charge on any atom is 0.0411 e.